The molecule has 0 aromatic heterocycles. The summed E-state index contributed by atoms with van der Waals surface area (Å²) in [6, 6.07) is 14.2. The van der Waals surface area contributed by atoms with Crippen molar-refractivity contribution >= 4 is 46.0 Å². The number of Topliss-reactive ketones (excluding diaryl/α,β-unsaturated/α-hetero) is 1. The average molecular weight is 461 g/mol. The number of carbonyl (C=O) groups is 2. The molecule has 3 N–H and O–H groups in total. The topological polar surface area (TPSA) is 94.8 Å². The van der Waals surface area contributed by atoms with Crippen LogP contribution < -0.4 is 0 Å². The van der Waals surface area contributed by atoms with Crippen LogP contribution in [0.1, 0.15) is 18.4 Å². The summed E-state index contributed by atoms with van der Waals surface area (Å²) < 4.78 is 0. The van der Waals surface area contributed by atoms with Crippen LogP contribution in [-0.2, 0) is 16.0 Å². The molecule has 2 aromatic rings. The Labute approximate surface area is 190 Å². The van der Waals surface area contributed by atoms with E-state index in [2.05, 4.69) is 12.1 Å². The number of aliphatic hydroxyl groups is 2. The molecule has 5 nitrogen and oxygen atoms in total. The zero-order chi connectivity index (χ0) is 22.2. The SMILES string of the molecule is O=C(O)CSCCCSC1C(=O)CC(O)C1C=CC(O)Cc1ccc2ccccc2c1. The molecule has 3 rings (SSSR count). The Morgan fingerprint density at radius 1 is 1.16 bits per heavy atom. The molecule has 0 saturated heterocycles. The first-order valence-corrected chi connectivity index (χ1v) is 12.6. The number of carboxylic acids is 1. The normalized spacial score (nSPS) is 22.4. The lowest BCUT2D eigenvalue weighted by molar-refractivity contribution is -0.133. The van der Waals surface area contributed by atoms with Gasteiger partial charge in [0.1, 0.15) is 5.78 Å². The molecule has 166 valence electrons. The molecular weight excluding hydrogens is 432 g/mol. The van der Waals surface area contributed by atoms with Crippen LogP contribution in [-0.4, -0.2) is 61.8 Å². The van der Waals surface area contributed by atoms with Crippen molar-refractivity contribution in [3.63, 3.8) is 0 Å². The van der Waals surface area contributed by atoms with Crippen LogP contribution in [0.5, 0.6) is 0 Å². The molecule has 4 unspecified atom stereocenters. The summed E-state index contributed by atoms with van der Waals surface area (Å²) in [5, 5.41) is 31.4. The molecule has 31 heavy (non-hydrogen) atoms. The Hall–Kier alpha value is -1.80. The molecule has 1 aliphatic carbocycles. The van der Waals surface area contributed by atoms with Crippen LogP contribution >= 0.6 is 23.5 Å². The molecule has 0 heterocycles. The van der Waals surface area contributed by atoms with Crippen molar-refractivity contribution < 1.29 is 24.9 Å². The summed E-state index contributed by atoms with van der Waals surface area (Å²) in [4.78, 5) is 22.8. The fourth-order valence-electron chi connectivity index (χ4n) is 3.77. The van der Waals surface area contributed by atoms with E-state index in [-0.39, 0.29) is 29.1 Å². The number of carboxylic acid groups (broad SMARTS) is 1. The fourth-order valence-corrected chi connectivity index (χ4v) is 5.96. The Bertz CT molecular complexity index is 929. The number of fused-ring (bicyclic) bond motifs is 1. The van der Waals surface area contributed by atoms with Crippen LogP contribution in [0.15, 0.2) is 54.6 Å². The first-order chi connectivity index (χ1) is 14.9. The monoisotopic (exact) mass is 460 g/mol. The van der Waals surface area contributed by atoms with Crippen molar-refractivity contribution in [1.82, 2.24) is 0 Å². The molecule has 0 aliphatic heterocycles. The van der Waals surface area contributed by atoms with Gasteiger partial charge in [-0.15, -0.1) is 11.8 Å². The van der Waals surface area contributed by atoms with Gasteiger partial charge in [-0.3, -0.25) is 9.59 Å². The molecule has 0 radical (unpaired) electrons. The van der Waals surface area contributed by atoms with Gasteiger partial charge in [-0.1, -0.05) is 54.6 Å². The van der Waals surface area contributed by atoms with Crippen molar-refractivity contribution in [3.05, 3.63) is 60.2 Å². The Balaban J connectivity index is 1.52. The fraction of sp³-hybridized carbons (Fsp3) is 0.417. The highest BCUT2D eigenvalue weighted by Gasteiger charge is 2.40. The second-order valence-electron chi connectivity index (χ2n) is 7.74. The summed E-state index contributed by atoms with van der Waals surface area (Å²) in [5.74, 6) is 0.462. The lowest BCUT2D eigenvalue weighted by Gasteiger charge is -2.17. The zero-order valence-corrected chi connectivity index (χ0v) is 18.9. The number of ketones is 1. The maximum atomic E-state index is 12.3. The molecule has 1 fully saturated rings. The smallest absolute Gasteiger partial charge is 0.313 e. The van der Waals surface area contributed by atoms with Gasteiger partial charge in [-0.05, 0) is 34.3 Å². The minimum atomic E-state index is -0.820. The first-order valence-electron chi connectivity index (χ1n) is 10.4. The van der Waals surface area contributed by atoms with E-state index in [9.17, 15) is 19.8 Å². The van der Waals surface area contributed by atoms with E-state index in [0.717, 1.165) is 34.3 Å². The van der Waals surface area contributed by atoms with E-state index < -0.39 is 18.2 Å². The van der Waals surface area contributed by atoms with Crippen LogP contribution in [0.2, 0.25) is 0 Å². The van der Waals surface area contributed by atoms with Gasteiger partial charge in [-0.25, -0.2) is 0 Å². The lowest BCUT2D eigenvalue weighted by Crippen LogP contribution is -2.22. The van der Waals surface area contributed by atoms with Crippen molar-refractivity contribution in [2.24, 2.45) is 5.92 Å². The Morgan fingerprint density at radius 2 is 1.94 bits per heavy atom. The van der Waals surface area contributed by atoms with Gasteiger partial charge in [-0.2, -0.15) is 11.8 Å². The minimum Gasteiger partial charge on any atom is -0.481 e. The van der Waals surface area contributed by atoms with Crippen LogP contribution in [0, 0.1) is 5.92 Å². The summed E-state index contributed by atoms with van der Waals surface area (Å²) in [5.41, 5.74) is 1.03. The highest BCUT2D eigenvalue weighted by molar-refractivity contribution is 8.01. The van der Waals surface area contributed by atoms with Crippen LogP contribution in [0.3, 0.4) is 0 Å². The van der Waals surface area contributed by atoms with Crippen molar-refractivity contribution in [2.75, 3.05) is 17.3 Å². The number of hydrogen-bond donors (Lipinski definition) is 3. The third-order valence-corrected chi connectivity index (χ3v) is 7.78. The quantitative estimate of drug-likeness (QED) is 0.349. The van der Waals surface area contributed by atoms with E-state index >= 15 is 0 Å². The summed E-state index contributed by atoms with van der Waals surface area (Å²) in [7, 11) is 0. The third kappa shape index (κ3) is 7.10. The number of aliphatic carboxylic acids is 1. The molecule has 2 aromatic carbocycles. The molecular formula is C24H28O5S2. The number of carbonyl (C=O) groups excluding carboxylic acids is 1. The predicted molar refractivity (Wildman–Crippen MR) is 128 cm³/mol. The minimum absolute atomic E-state index is 0.0364. The van der Waals surface area contributed by atoms with Gasteiger partial charge in [0, 0.05) is 18.8 Å². The second-order valence-corrected chi connectivity index (χ2v) is 10.1. The van der Waals surface area contributed by atoms with E-state index in [4.69, 9.17) is 5.11 Å². The van der Waals surface area contributed by atoms with Crippen LogP contribution in [0.4, 0.5) is 0 Å². The van der Waals surface area contributed by atoms with Gasteiger partial charge in [0.2, 0.25) is 0 Å². The van der Waals surface area contributed by atoms with E-state index in [0.29, 0.717) is 6.42 Å². The maximum absolute atomic E-state index is 12.3. The van der Waals surface area contributed by atoms with E-state index in [1.54, 1.807) is 12.2 Å². The molecule has 0 spiro atoms. The molecule has 1 aliphatic rings. The number of aliphatic hydroxyl groups excluding tert-OH is 2. The van der Waals surface area contributed by atoms with Gasteiger partial charge in [0.25, 0.3) is 0 Å². The van der Waals surface area contributed by atoms with Crippen molar-refractivity contribution in [3.8, 4) is 0 Å². The van der Waals surface area contributed by atoms with Gasteiger partial charge >= 0.3 is 5.97 Å². The molecule has 7 heteroatoms. The highest BCUT2D eigenvalue weighted by atomic mass is 32.2. The van der Waals surface area contributed by atoms with Crippen molar-refractivity contribution in [2.45, 2.75) is 36.7 Å². The molecule has 0 amide bonds. The molecule has 4 atom stereocenters. The molecule has 0 bridgehead atoms. The maximum Gasteiger partial charge on any atom is 0.313 e. The Kier molecular flexibility index (Phi) is 9.02. The van der Waals surface area contributed by atoms with Gasteiger partial charge in [0.05, 0.1) is 23.2 Å². The largest absolute Gasteiger partial charge is 0.481 e. The first kappa shape index (κ1) is 23.9. The van der Waals surface area contributed by atoms with E-state index in [1.807, 2.05) is 30.3 Å². The predicted octanol–water partition coefficient (Wildman–Crippen LogP) is 3.56. The lowest BCUT2D eigenvalue weighted by atomic mass is 10.0. The molecule has 1 saturated carbocycles. The standard InChI is InChI=1S/C24H28O5S2/c25-19(13-16-6-7-17-4-1-2-5-18(17)12-16)8-9-20-21(26)14-22(27)24(20)31-11-3-10-30-15-23(28)29/h1-2,4-9,12,19-21,24-26H,3,10-11,13-15H2,(H,28,29). The van der Waals surface area contributed by atoms with Gasteiger partial charge in [0.15, 0.2) is 0 Å². The summed E-state index contributed by atoms with van der Waals surface area (Å²) in [6.45, 7) is 0. The number of thioether (sulfide) groups is 2. The van der Waals surface area contributed by atoms with Crippen molar-refractivity contribution in [1.29, 1.82) is 0 Å². The highest BCUT2D eigenvalue weighted by Crippen LogP contribution is 2.34. The van der Waals surface area contributed by atoms with E-state index in [1.165, 1.54) is 23.5 Å². The van der Waals surface area contributed by atoms with Gasteiger partial charge < -0.3 is 15.3 Å². The average Bonchev–Trinajstić information content (AvgIpc) is 3.01. The number of hydrogen-bond acceptors (Lipinski definition) is 6. The second kappa shape index (κ2) is 11.7. The summed E-state index contributed by atoms with van der Waals surface area (Å²) in [6.07, 6.45) is 3.48. The number of benzene rings is 2. The third-order valence-electron chi connectivity index (χ3n) is 5.29. The number of rotatable bonds is 11. The van der Waals surface area contributed by atoms with Crippen LogP contribution in [0.25, 0.3) is 10.8 Å². The summed E-state index contributed by atoms with van der Waals surface area (Å²) >= 11 is 2.88. The zero-order valence-electron chi connectivity index (χ0n) is 17.2. The Morgan fingerprint density at radius 3 is 2.71 bits per heavy atom.